The van der Waals surface area contributed by atoms with E-state index in [1.165, 1.54) is 42.3 Å². The van der Waals surface area contributed by atoms with E-state index in [1.54, 1.807) is 0 Å². The molecule has 3 heteroatoms. The Hall–Kier alpha value is -0.670. The summed E-state index contributed by atoms with van der Waals surface area (Å²) in [7, 11) is 0. The second-order valence-electron chi connectivity index (χ2n) is 4.40. The van der Waals surface area contributed by atoms with E-state index in [1.807, 2.05) is 0 Å². The second-order valence-corrected chi connectivity index (χ2v) is 5.62. The van der Waals surface area contributed by atoms with Gasteiger partial charge < -0.3 is 10.2 Å². The first-order valence-electron chi connectivity index (χ1n) is 6.52. The Morgan fingerprint density at radius 1 is 1.18 bits per heavy atom. The predicted octanol–water partition coefficient (Wildman–Crippen LogP) is 2.74. The van der Waals surface area contributed by atoms with Gasteiger partial charge in [-0.1, -0.05) is 19.1 Å². The van der Waals surface area contributed by atoms with Gasteiger partial charge in [0, 0.05) is 31.1 Å². The summed E-state index contributed by atoms with van der Waals surface area (Å²) in [4.78, 5) is 2.51. The van der Waals surface area contributed by atoms with Crippen LogP contribution in [-0.2, 0) is 6.54 Å². The first kappa shape index (κ1) is 12.8. The van der Waals surface area contributed by atoms with Crippen molar-refractivity contribution in [2.45, 2.75) is 19.9 Å². The van der Waals surface area contributed by atoms with E-state index in [0.717, 1.165) is 13.1 Å². The molecule has 0 radical (unpaired) electrons. The van der Waals surface area contributed by atoms with Gasteiger partial charge in [-0.3, -0.25) is 0 Å². The standard InChI is InChI=1S/C14H22N2S/c1-2-15-12-13-4-6-14(7-5-13)16-8-3-10-17-11-9-16/h4-7,15H,2-3,8-12H2,1H3. The average Bonchev–Trinajstić information content (AvgIpc) is 2.66. The van der Waals surface area contributed by atoms with Crippen LogP contribution in [0.25, 0.3) is 0 Å². The fourth-order valence-corrected chi connectivity index (χ4v) is 2.99. The molecule has 1 aliphatic rings. The number of benzene rings is 1. The Balaban J connectivity index is 1.96. The van der Waals surface area contributed by atoms with Gasteiger partial charge >= 0.3 is 0 Å². The molecule has 0 amide bonds. The lowest BCUT2D eigenvalue weighted by Crippen LogP contribution is -2.25. The normalized spacial score (nSPS) is 16.9. The monoisotopic (exact) mass is 250 g/mol. The molecule has 0 aromatic heterocycles. The highest BCUT2D eigenvalue weighted by molar-refractivity contribution is 7.99. The van der Waals surface area contributed by atoms with Crippen LogP contribution in [0.3, 0.4) is 0 Å². The van der Waals surface area contributed by atoms with E-state index in [-0.39, 0.29) is 0 Å². The molecule has 1 aliphatic heterocycles. The number of rotatable bonds is 4. The molecule has 17 heavy (non-hydrogen) atoms. The minimum atomic E-state index is 0.979. The summed E-state index contributed by atoms with van der Waals surface area (Å²) in [6, 6.07) is 9.03. The first-order chi connectivity index (χ1) is 8.40. The molecule has 0 spiro atoms. The van der Waals surface area contributed by atoms with Crippen molar-refractivity contribution in [3.8, 4) is 0 Å². The van der Waals surface area contributed by atoms with Crippen LogP contribution >= 0.6 is 11.8 Å². The van der Waals surface area contributed by atoms with Crippen LogP contribution in [0.5, 0.6) is 0 Å². The van der Waals surface area contributed by atoms with Gasteiger partial charge in [0.25, 0.3) is 0 Å². The molecule has 1 heterocycles. The number of nitrogens with zero attached hydrogens (tertiary/aromatic N) is 1. The van der Waals surface area contributed by atoms with Gasteiger partial charge in [-0.05, 0) is 36.4 Å². The molecule has 0 unspecified atom stereocenters. The Labute approximate surface area is 109 Å². The Kier molecular flexibility index (Phi) is 5.20. The Bertz CT molecular complexity index is 315. The summed E-state index contributed by atoms with van der Waals surface area (Å²) in [6.07, 6.45) is 1.31. The van der Waals surface area contributed by atoms with Crippen molar-refractivity contribution in [3.63, 3.8) is 0 Å². The van der Waals surface area contributed by atoms with Gasteiger partial charge in [0.2, 0.25) is 0 Å². The van der Waals surface area contributed by atoms with E-state index >= 15 is 0 Å². The summed E-state index contributed by atoms with van der Waals surface area (Å²) in [6.45, 7) is 6.55. The van der Waals surface area contributed by atoms with Gasteiger partial charge in [-0.2, -0.15) is 11.8 Å². The maximum absolute atomic E-state index is 3.36. The zero-order valence-electron chi connectivity index (χ0n) is 10.6. The maximum atomic E-state index is 3.36. The summed E-state index contributed by atoms with van der Waals surface area (Å²) in [5, 5.41) is 3.36. The smallest absolute Gasteiger partial charge is 0.0366 e. The van der Waals surface area contributed by atoms with Crippen LogP contribution in [0.2, 0.25) is 0 Å². The largest absolute Gasteiger partial charge is 0.371 e. The number of nitrogens with one attached hydrogen (secondary N) is 1. The van der Waals surface area contributed by atoms with Gasteiger partial charge in [-0.15, -0.1) is 0 Å². The zero-order chi connectivity index (χ0) is 11.9. The average molecular weight is 250 g/mol. The van der Waals surface area contributed by atoms with Gasteiger partial charge in [0.15, 0.2) is 0 Å². The first-order valence-corrected chi connectivity index (χ1v) is 7.68. The van der Waals surface area contributed by atoms with E-state index in [0.29, 0.717) is 0 Å². The van der Waals surface area contributed by atoms with E-state index < -0.39 is 0 Å². The molecule has 0 aliphatic carbocycles. The van der Waals surface area contributed by atoms with Crippen molar-refractivity contribution in [1.29, 1.82) is 0 Å². The van der Waals surface area contributed by atoms with Crippen molar-refractivity contribution >= 4 is 17.4 Å². The molecular formula is C14H22N2S. The predicted molar refractivity (Wildman–Crippen MR) is 78.0 cm³/mol. The molecule has 94 valence electrons. The van der Waals surface area contributed by atoms with Crippen LogP contribution in [-0.4, -0.2) is 31.1 Å². The minimum absolute atomic E-state index is 0.979. The molecule has 0 atom stereocenters. The Morgan fingerprint density at radius 2 is 2.00 bits per heavy atom. The number of hydrogen-bond donors (Lipinski definition) is 1. The SMILES string of the molecule is CCNCc1ccc(N2CCCSCC2)cc1. The van der Waals surface area contributed by atoms with Gasteiger partial charge in [0.1, 0.15) is 0 Å². The quantitative estimate of drug-likeness (QED) is 0.884. The van der Waals surface area contributed by atoms with Gasteiger partial charge in [-0.25, -0.2) is 0 Å². The fraction of sp³-hybridized carbons (Fsp3) is 0.571. The lowest BCUT2D eigenvalue weighted by molar-refractivity contribution is 0.726. The molecule has 0 bridgehead atoms. The maximum Gasteiger partial charge on any atom is 0.0366 e. The third-order valence-corrected chi connectivity index (χ3v) is 4.15. The van der Waals surface area contributed by atoms with Crippen LogP contribution in [0, 0.1) is 0 Å². The third kappa shape index (κ3) is 3.93. The molecule has 0 saturated carbocycles. The summed E-state index contributed by atoms with van der Waals surface area (Å²) < 4.78 is 0. The fourth-order valence-electron chi connectivity index (χ4n) is 2.10. The van der Waals surface area contributed by atoms with E-state index in [4.69, 9.17) is 0 Å². The van der Waals surface area contributed by atoms with E-state index in [9.17, 15) is 0 Å². The van der Waals surface area contributed by atoms with Crippen LogP contribution < -0.4 is 10.2 Å². The van der Waals surface area contributed by atoms with Crippen LogP contribution in [0.1, 0.15) is 18.9 Å². The molecule has 2 nitrogen and oxygen atoms in total. The van der Waals surface area contributed by atoms with Crippen LogP contribution in [0.4, 0.5) is 5.69 Å². The Morgan fingerprint density at radius 3 is 2.76 bits per heavy atom. The van der Waals surface area contributed by atoms with Crippen molar-refractivity contribution in [1.82, 2.24) is 5.32 Å². The zero-order valence-corrected chi connectivity index (χ0v) is 11.4. The number of thioether (sulfide) groups is 1. The summed E-state index contributed by atoms with van der Waals surface area (Å²) >= 11 is 2.08. The highest BCUT2D eigenvalue weighted by Crippen LogP contribution is 2.19. The topological polar surface area (TPSA) is 15.3 Å². The van der Waals surface area contributed by atoms with Crippen molar-refractivity contribution in [2.75, 3.05) is 36.0 Å². The van der Waals surface area contributed by atoms with E-state index in [2.05, 4.69) is 53.2 Å². The number of anilines is 1. The number of hydrogen-bond acceptors (Lipinski definition) is 3. The minimum Gasteiger partial charge on any atom is -0.371 e. The lowest BCUT2D eigenvalue weighted by Gasteiger charge is -2.22. The highest BCUT2D eigenvalue weighted by atomic mass is 32.2. The molecule has 1 fully saturated rings. The summed E-state index contributed by atoms with van der Waals surface area (Å²) in [5.74, 6) is 2.58. The third-order valence-electron chi connectivity index (χ3n) is 3.10. The molecule has 1 N–H and O–H groups in total. The molecule has 1 aromatic carbocycles. The summed E-state index contributed by atoms with van der Waals surface area (Å²) in [5.41, 5.74) is 2.76. The molecule has 1 saturated heterocycles. The molecule has 1 aromatic rings. The van der Waals surface area contributed by atoms with Crippen LogP contribution in [0.15, 0.2) is 24.3 Å². The van der Waals surface area contributed by atoms with Gasteiger partial charge in [0.05, 0.1) is 0 Å². The second kappa shape index (κ2) is 6.92. The molecular weight excluding hydrogens is 228 g/mol. The van der Waals surface area contributed by atoms with Crippen molar-refractivity contribution in [3.05, 3.63) is 29.8 Å². The van der Waals surface area contributed by atoms with Crippen molar-refractivity contribution < 1.29 is 0 Å². The lowest BCUT2D eigenvalue weighted by atomic mass is 10.2. The molecule has 2 rings (SSSR count). The highest BCUT2D eigenvalue weighted by Gasteiger charge is 2.09. The van der Waals surface area contributed by atoms with Crippen molar-refractivity contribution in [2.24, 2.45) is 0 Å².